The zero-order chi connectivity index (χ0) is 22.4. The minimum absolute atomic E-state index is 0.213. The molecule has 0 bridgehead atoms. The van der Waals surface area contributed by atoms with Gasteiger partial charge in [0, 0.05) is 56.6 Å². The fraction of sp³-hybridized carbons (Fsp3) is 0.565. The predicted molar refractivity (Wildman–Crippen MR) is 106 cm³/mol. The molecule has 0 N–H and O–H groups in total. The first kappa shape index (κ1) is 21.5. The van der Waals surface area contributed by atoms with Crippen molar-refractivity contribution in [3.63, 3.8) is 0 Å². The molecular weight excluding hydrogens is 404 g/mol. The molecule has 1 aromatic carbocycles. The highest BCUT2D eigenvalue weighted by Crippen LogP contribution is 2.66. The normalized spacial score (nSPS) is 30.9. The lowest BCUT2D eigenvalue weighted by Gasteiger charge is -2.54. The summed E-state index contributed by atoms with van der Waals surface area (Å²) in [6.07, 6.45) is 4.28. The Morgan fingerprint density at radius 1 is 1.03 bits per heavy atom. The van der Waals surface area contributed by atoms with E-state index < -0.39 is 41.1 Å². The van der Waals surface area contributed by atoms with Crippen LogP contribution in [0.2, 0.25) is 0 Å². The highest BCUT2D eigenvalue weighted by molar-refractivity contribution is 5.75. The lowest BCUT2D eigenvalue weighted by atomic mass is 9.51. The van der Waals surface area contributed by atoms with Gasteiger partial charge in [-0.15, -0.1) is 0 Å². The van der Waals surface area contributed by atoms with Gasteiger partial charge < -0.3 is 23.7 Å². The van der Waals surface area contributed by atoms with Crippen LogP contribution in [0.3, 0.4) is 0 Å². The third-order valence-corrected chi connectivity index (χ3v) is 6.81. The van der Waals surface area contributed by atoms with Gasteiger partial charge in [-0.3, -0.25) is 14.4 Å². The SMILES string of the molecule is CC(=O)Oc1cc(OC(C)=O)c2c(c1)[C@H](C=O)[C@@]13CCCC[C@]1(C2)O[C@H](OC(C)=O)C3. The second-order valence-corrected chi connectivity index (χ2v) is 8.69. The van der Waals surface area contributed by atoms with Crippen LogP contribution in [0.4, 0.5) is 0 Å². The Kier molecular flexibility index (Phi) is 5.37. The molecule has 2 aliphatic carbocycles. The Bertz CT molecular complexity index is 953. The summed E-state index contributed by atoms with van der Waals surface area (Å²) in [6, 6.07) is 3.17. The van der Waals surface area contributed by atoms with Gasteiger partial charge in [0.15, 0.2) is 0 Å². The van der Waals surface area contributed by atoms with Crippen molar-refractivity contribution < 1.29 is 38.1 Å². The van der Waals surface area contributed by atoms with E-state index in [0.717, 1.165) is 25.5 Å². The van der Waals surface area contributed by atoms with Gasteiger partial charge in [0.05, 0.1) is 5.60 Å². The number of carbonyl (C=O) groups is 4. The Morgan fingerprint density at radius 2 is 1.74 bits per heavy atom. The van der Waals surface area contributed by atoms with E-state index in [9.17, 15) is 19.2 Å². The molecule has 31 heavy (non-hydrogen) atoms. The second kappa shape index (κ2) is 7.75. The maximum atomic E-state index is 12.5. The number of ether oxygens (including phenoxy) is 4. The average Bonchev–Trinajstić information content (AvgIpc) is 2.98. The summed E-state index contributed by atoms with van der Waals surface area (Å²) in [6.45, 7) is 3.90. The molecule has 0 radical (unpaired) electrons. The van der Waals surface area contributed by atoms with Crippen LogP contribution in [0.5, 0.6) is 11.5 Å². The van der Waals surface area contributed by atoms with E-state index in [4.69, 9.17) is 18.9 Å². The number of rotatable bonds is 4. The maximum absolute atomic E-state index is 12.5. The lowest BCUT2D eigenvalue weighted by molar-refractivity contribution is -0.198. The highest BCUT2D eigenvalue weighted by atomic mass is 16.7. The standard InChI is InChI=1S/C23H26O8/c1-13(25)28-16-8-17-18(20(9-16)29-14(2)26)10-23-7-5-4-6-22(23,19(17)12-24)11-21(31-23)30-15(3)27/h8-9,12,19,21H,4-7,10-11H2,1-3H3/t19-,21-,22-,23+/m0/s1. The van der Waals surface area contributed by atoms with Crippen molar-refractivity contribution in [3.8, 4) is 11.5 Å². The Labute approximate surface area is 180 Å². The summed E-state index contributed by atoms with van der Waals surface area (Å²) < 4.78 is 22.5. The number of esters is 3. The van der Waals surface area contributed by atoms with Crippen molar-refractivity contribution in [1.29, 1.82) is 0 Å². The van der Waals surface area contributed by atoms with E-state index in [1.165, 1.54) is 26.8 Å². The molecule has 8 heteroatoms. The molecule has 4 atom stereocenters. The molecule has 1 heterocycles. The van der Waals surface area contributed by atoms with Crippen molar-refractivity contribution in [1.82, 2.24) is 0 Å². The average molecular weight is 430 g/mol. The van der Waals surface area contributed by atoms with Crippen molar-refractivity contribution in [2.24, 2.45) is 5.41 Å². The topological polar surface area (TPSA) is 105 Å². The van der Waals surface area contributed by atoms with Crippen molar-refractivity contribution in [2.45, 2.75) is 77.1 Å². The molecule has 1 aliphatic heterocycles. The van der Waals surface area contributed by atoms with Gasteiger partial charge >= 0.3 is 17.9 Å². The van der Waals surface area contributed by atoms with Gasteiger partial charge in [0.25, 0.3) is 0 Å². The Balaban J connectivity index is 1.88. The summed E-state index contributed by atoms with van der Waals surface area (Å²) in [4.78, 5) is 47.5. The van der Waals surface area contributed by atoms with Gasteiger partial charge in [0.2, 0.25) is 6.29 Å². The summed E-state index contributed by atoms with van der Waals surface area (Å²) >= 11 is 0. The monoisotopic (exact) mass is 430 g/mol. The zero-order valence-electron chi connectivity index (χ0n) is 17.9. The molecule has 0 spiro atoms. The molecule has 3 aliphatic rings. The minimum Gasteiger partial charge on any atom is -0.436 e. The van der Waals surface area contributed by atoms with Crippen LogP contribution in [0.1, 0.15) is 69.9 Å². The number of carbonyl (C=O) groups excluding carboxylic acids is 4. The Morgan fingerprint density at radius 3 is 2.39 bits per heavy atom. The second-order valence-electron chi connectivity index (χ2n) is 8.69. The third kappa shape index (κ3) is 3.52. The van der Waals surface area contributed by atoms with Crippen LogP contribution in [-0.4, -0.2) is 36.1 Å². The summed E-state index contributed by atoms with van der Waals surface area (Å²) in [5.74, 6) is -1.59. The van der Waals surface area contributed by atoms with E-state index >= 15 is 0 Å². The van der Waals surface area contributed by atoms with E-state index in [-0.39, 0.29) is 11.5 Å². The fourth-order valence-electron chi connectivity index (χ4n) is 5.87. The van der Waals surface area contributed by atoms with Crippen molar-refractivity contribution in [3.05, 3.63) is 23.3 Å². The summed E-state index contributed by atoms with van der Waals surface area (Å²) in [5.41, 5.74) is 0.0864. The van der Waals surface area contributed by atoms with E-state index in [0.29, 0.717) is 30.4 Å². The molecule has 8 nitrogen and oxygen atoms in total. The van der Waals surface area contributed by atoms with Gasteiger partial charge in [-0.2, -0.15) is 0 Å². The first-order valence-corrected chi connectivity index (χ1v) is 10.5. The van der Waals surface area contributed by atoms with Crippen LogP contribution < -0.4 is 9.47 Å². The molecule has 0 amide bonds. The zero-order valence-corrected chi connectivity index (χ0v) is 17.9. The molecule has 0 unspecified atom stereocenters. The van der Waals surface area contributed by atoms with Crippen LogP contribution in [0, 0.1) is 5.41 Å². The molecular formula is C23H26O8. The van der Waals surface area contributed by atoms with E-state index in [1.54, 1.807) is 6.07 Å². The molecule has 4 rings (SSSR count). The van der Waals surface area contributed by atoms with E-state index in [2.05, 4.69) is 0 Å². The van der Waals surface area contributed by atoms with Gasteiger partial charge in [-0.05, 0) is 24.5 Å². The number of hydrogen-bond acceptors (Lipinski definition) is 8. The fourth-order valence-corrected chi connectivity index (χ4v) is 5.87. The largest absolute Gasteiger partial charge is 0.436 e. The predicted octanol–water partition coefficient (Wildman–Crippen LogP) is 2.98. The first-order chi connectivity index (χ1) is 14.7. The number of hydrogen-bond donors (Lipinski definition) is 0. The molecule has 1 saturated heterocycles. The van der Waals surface area contributed by atoms with Crippen LogP contribution >= 0.6 is 0 Å². The minimum atomic E-state index is -0.738. The van der Waals surface area contributed by atoms with Gasteiger partial charge in [-0.1, -0.05) is 12.8 Å². The molecule has 2 fully saturated rings. The van der Waals surface area contributed by atoms with Crippen LogP contribution in [0.15, 0.2) is 12.1 Å². The van der Waals surface area contributed by atoms with Crippen LogP contribution in [0.25, 0.3) is 0 Å². The first-order valence-electron chi connectivity index (χ1n) is 10.5. The van der Waals surface area contributed by atoms with Gasteiger partial charge in [-0.25, -0.2) is 0 Å². The maximum Gasteiger partial charge on any atom is 0.308 e. The van der Waals surface area contributed by atoms with Crippen LogP contribution in [-0.2, 0) is 35.1 Å². The number of benzene rings is 1. The summed E-state index contributed by atoms with van der Waals surface area (Å²) in [7, 11) is 0. The Hall–Kier alpha value is -2.74. The molecule has 0 aromatic heterocycles. The molecule has 1 aromatic rings. The smallest absolute Gasteiger partial charge is 0.308 e. The van der Waals surface area contributed by atoms with Gasteiger partial charge in [0.1, 0.15) is 17.8 Å². The van der Waals surface area contributed by atoms with Crippen molar-refractivity contribution >= 4 is 24.2 Å². The quantitative estimate of drug-likeness (QED) is 0.408. The lowest BCUT2D eigenvalue weighted by Crippen LogP contribution is -2.55. The van der Waals surface area contributed by atoms with E-state index in [1.807, 2.05) is 0 Å². The summed E-state index contributed by atoms with van der Waals surface area (Å²) in [5, 5.41) is 0. The number of aldehydes is 1. The number of fused-ring (bicyclic) bond motifs is 1. The highest BCUT2D eigenvalue weighted by Gasteiger charge is 2.67. The molecule has 166 valence electrons. The van der Waals surface area contributed by atoms with Crippen molar-refractivity contribution in [2.75, 3.05) is 0 Å². The molecule has 1 saturated carbocycles. The third-order valence-electron chi connectivity index (χ3n) is 6.81.